The first-order valence-corrected chi connectivity index (χ1v) is 4.67. The van der Waals surface area contributed by atoms with Crippen molar-refractivity contribution < 1.29 is 0 Å². The van der Waals surface area contributed by atoms with Crippen molar-refractivity contribution in [2.75, 3.05) is 0 Å². The molecule has 2 heterocycles. The van der Waals surface area contributed by atoms with E-state index in [0.29, 0.717) is 0 Å². The zero-order chi connectivity index (χ0) is 9.54. The van der Waals surface area contributed by atoms with E-state index >= 15 is 0 Å². The summed E-state index contributed by atoms with van der Waals surface area (Å²) in [7, 11) is 0. The standard InChI is InChI=1S/C12H10N2/c1-9-12-11-5-3-2-4-10(11)6-7-14(12)8-13-9/h2-8H,1H3. The van der Waals surface area contributed by atoms with Crippen LogP contribution in [0.15, 0.2) is 42.9 Å². The van der Waals surface area contributed by atoms with Gasteiger partial charge >= 0.3 is 0 Å². The van der Waals surface area contributed by atoms with Gasteiger partial charge in [0.15, 0.2) is 0 Å². The van der Waals surface area contributed by atoms with Crippen molar-refractivity contribution in [3.63, 3.8) is 0 Å². The van der Waals surface area contributed by atoms with Crippen molar-refractivity contribution in [3.05, 3.63) is 48.5 Å². The smallest absolute Gasteiger partial charge is 0.0995 e. The number of imidazole rings is 1. The van der Waals surface area contributed by atoms with E-state index in [1.165, 1.54) is 16.3 Å². The van der Waals surface area contributed by atoms with Crippen molar-refractivity contribution in [2.24, 2.45) is 0 Å². The summed E-state index contributed by atoms with van der Waals surface area (Å²) in [6.07, 6.45) is 3.91. The average Bonchev–Trinajstić information content (AvgIpc) is 2.61. The van der Waals surface area contributed by atoms with Gasteiger partial charge in [0, 0.05) is 11.6 Å². The largest absolute Gasteiger partial charge is 0.305 e. The Labute approximate surface area is 81.8 Å². The Balaban J connectivity index is 2.65. The molecule has 0 N–H and O–H groups in total. The SMILES string of the molecule is Cc1ncn2ccc3ccccc3c12. The Morgan fingerprint density at radius 2 is 2.00 bits per heavy atom. The lowest BCUT2D eigenvalue weighted by Gasteiger charge is -2.00. The maximum Gasteiger partial charge on any atom is 0.0995 e. The summed E-state index contributed by atoms with van der Waals surface area (Å²) >= 11 is 0. The lowest BCUT2D eigenvalue weighted by molar-refractivity contribution is 1.16. The Bertz CT molecular complexity index is 608. The van der Waals surface area contributed by atoms with Gasteiger partial charge < -0.3 is 4.40 Å². The van der Waals surface area contributed by atoms with E-state index in [4.69, 9.17) is 0 Å². The van der Waals surface area contributed by atoms with E-state index in [1.807, 2.05) is 13.3 Å². The third kappa shape index (κ3) is 0.880. The van der Waals surface area contributed by atoms with Gasteiger partial charge in [0.1, 0.15) is 0 Å². The highest BCUT2D eigenvalue weighted by atomic mass is 15.0. The number of aromatic nitrogens is 2. The third-order valence-electron chi connectivity index (χ3n) is 2.61. The zero-order valence-electron chi connectivity index (χ0n) is 7.94. The second kappa shape index (κ2) is 2.58. The Morgan fingerprint density at radius 1 is 1.14 bits per heavy atom. The van der Waals surface area contributed by atoms with Crippen LogP contribution in [0.2, 0.25) is 0 Å². The van der Waals surface area contributed by atoms with Crippen LogP contribution in [0.1, 0.15) is 5.69 Å². The molecule has 0 spiro atoms. The molecule has 0 aliphatic rings. The monoisotopic (exact) mass is 182 g/mol. The molecule has 0 amide bonds. The number of pyridine rings is 1. The predicted molar refractivity (Wildman–Crippen MR) is 57.4 cm³/mol. The minimum atomic E-state index is 1.08. The molecule has 0 aliphatic heterocycles. The molecule has 0 radical (unpaired) electrons. The maximum absolute atomic E-state index is 4.31. The highest BCUT2D eigenvalue weighted by molar-refractivity contribution is 5.96. The fourth-order valence-corrected chi connectivity index (χ4v) is 1.92. The molecular formula is C12H10N2. The number of nitrogens with zero attached hydrogens (tertiary/aromatic N) is 2. The van der Waals surface area contributed by atoms with Crippen LogP contribution in [-0.4, -0.2) is 9.38 Å². The van der Waals surface area contributed by atoms with E-state index in [1.54, 1.807) is 0 Å². The number of rotatable bonds is 0. The van der Waals surface area contributed by atoms with Gasteiger partial charge in [-0.25, -0.2) is 4.98 Å². The topological polar surface area (TPSA) is 17.3 Å². The van der Waals surface area contributed by atoms with Gasteiger partial charge in [-0.05, 0) is 18.4 Å². The van der Waals surface area contributed by atoms with Gasteiger partial charge in [0.05, 0.1) is 17.5 Å². The number of benzene rings is 1. The van der Waals surface area contributed by atoms with E-state index in [-0.39, 0.29) is 0 Å². The molecule has 0 atom stereocenters. The molecule has 0 saturated carbocycles. The second-order valence-corrected chi connectivity index (χ2v) is 3.49. The van der Waals surface area contributed by atoms with Crippen molar-refractivity contribution >= 4 is 16.3 Å². The van der Waals surface area contributed by atoms with Gasteiger partial charge in [-0.1, -0.05) is 24.3 Å². The minimum absolute atomic E-state index is 1.08. The first-order chi connectivity index (χ1) is 6.86. The maximum atomic E-state index is 4.31. The fourth-order valence-electron chi connectivity index (χ4n) is 1.92. The average molecular weight is 182 g/mol. The lowest BCUT2D eigenvalue weighted by atomic mass is 10.1. The molecule has 2 heteroatoms. The van der Waals surface area contributed by atoms with Gasteiger partial charge in [-0.3, -0.25) is 0 Å². The Morgan fingerprint density at radius 3 is 2.93 bits per heavy atom. The highest BCUT2D eigenvalue weighted by Crippen LogP contribution is 2.21. The molecule has 14 heavy (non-hydrogen) atoms. The molecule has 0 aliphatic carbocycles. The van der Waals surface area contributed by atoms with Gasteiger partial charge in [0.25, 0.3) is 0 Å². The van der Waals surface area contributed by atoms with Crippen LogP contribution >= 0.6 is 0 Å². The number of aryl methyl sites for hydroxylation is 1. The highest BCUT2D eigenvalue weighted by Gasteiger charge is 2.03. The molecule has 0 saturated heterocycles. The van der Waals surface area contributed by atoms with Crippen LogP contribution in [0.4, 0.5) is 0 Å². The Hall–Kier alpha value is -1.83. The third-order valence-corrected chi connectivity index (χ3v) is 2.61. The number of hydrogen-bond donors (Lipinski definition) is 0. The fraction of sp³-hybridized carbons (Fsp3) is 0.0833. The van der Waals surface area contributed by atoms with E-state index < -0.39 is 0 Å². The van der Waals surface area contributed by atoms with E-state index in [9.17, 15) is 0 Å². The van der Waals surface area contributed by atoms with Crippen molar-refractivity contribution in [2.45, 2.75) is 6.92 Å². The van der Waals surface area contributed by atoms with E-state index in [2.05, 4.69) is 45.9 Å². The summed E-state index contributed by atoms with van der Waals surface area (Å²) in [6.45, 7) is 2.04. The second-order valence-electron chi connectivity index (χ2n) is 3.49. The Kier molecular flexibility index (Phi) is 1.39. The van der Waals surface area contributed by atoms with E-state index in [0.717, 1.165) is 5.69 Å². The van der Waals surface area contributed by atoms with Gasteiger partial charge in [0.2, 0.25) is 0 Å². The molecule has 0 fully saturated rings. The van der Waals surface area contributed by atoms with Crippen LogP contribution in [0.3, 0.4) is 0 Å². The molecule has 3 aromatic rings. The van der Waals surface area contributed by atoms with Crippen molar-refractivity contribution in [1.82, 2.24) is 9.38 Å². The lowest BCUT2D eigenvalue weighted by Crippen LogP contribution is -1.83. The predicted octanol–water partition coefficient (Wildman–Crippen LogP) is 2.80. The number of fused-ring (bicyclic) bond motifs is 3. The molecule has 0 bridgehead atoms. The van der Waals surface area contributed by atoms with Crippen molar-refractivity contribution in [1.29, 1.82) is 0 Å². The molecule has 0 unspecified atom stereocenters. The quantitative estimate of drug-likeness (QED) is 0.522. The summed E-state index contributed by atoms with van der Waals surface area (Å²) in [5, 5.41) is 2.54. The van der Waals surface area contributed by atoms with Crippen LogP contribution < -0.4 is 0 Å². The number of hydrogen-bond acceptors (Lipinski definition) is 1. The van der Waals surface area contributed by atoms with Crippen molar-refractivity contribution in [3.8, 4) is 0 Å². The summed E-state index contributed by atoms with van der Waals surface area (Å²) in [5.74, 6) is 0. The van der Waals surface area contributed by atoms with Crippen LogP contribution in [0, 0.1) is 6.92 Å². The molecule has 2 aromatic heterocycles. The molecule has 1 aromatic carbocycles. The molecule has 3 rings (SSSR count). The zero-order valence-corrected chi connectivity index (χ0v) is 7.94. The molecule has 68 valence electrons. The summed E-state index contributed by atoms with van der Waals surface area (Å²) in [4.78, 5) is 4.31. The van der Waals surface area contributed by atoms with Gasteiger partial charge in [-0.2, -0.15) is 0 Å². The first kappa shape index (κ1) is 7.56. The summed E-state index contributed by atoms with van der Waals surface area (Å²) in [6, 6.07) is 10.5. The minimum Gasteiger partial charge on any atom is -0.305 e. The molecule has 2 nitrogen and oxygen atoms in total. The molecular weight excluding hydrogens is 172 g/mol. The van der Waals surface area contributed by atoms with Gasteiger partial charge in [-0.15, -0.1) is 0 Å². The van der Waals surface area contributed by atoms with Crippen LogP contribution in [0.5, 0.6) is 0 Å². The van der Waals surface area contributed by atoms with Crippen LogP contribution in [-0.2, 0) is 0 Å². The summed E-state index contributed by atoms with van der Waals surface area (Å²) in [5.41, 5.74) is 2.30. The van der Waals surface area contributed by atoms with Crippen LogP contribution in [0.25, 0.3) is 16.3 Å². The summed E-state index contributed by atoms with van der Waals surface area (Å²) < 4.78 is 2.07. The first-order valence-electron chi connectivity index (χ1n) is 4.67. The normalized spacial score (nSPS) is 11.2.